The first kappa shape index (κ1) is 19.7. The zero-order valence-corrected chi connectivity index (χ0v) is 16.6. The Bertz CT molecular complexity index is 894. The molecule has 0 spiro atoms. The molecule has 144 valence electrons. The van der Waals surface area contributed by atoms with Gasteiger partial charge in [-0.05, 0) is 60.7 Å². The molecule has 0 bridgehead atoms. The summed E-state index contributed by atoms with van der Waals surface area (Å²) in [7, 11) is 0. The van der Waals surface area contributed by atoms with Gasteiger partial charge in [0, 0.05) is 6.42 Å². The van der Waals surface area contributed by atoms with Crippen LogP contribution in [0.4, 0.5) is 0 Å². The molecule has 0 aliphatic carbocycles. The molecule has 0 N–H and O–H groups in total. The van der Waals surface area contributed by atoms with Crippen molar-refractivity contribution in [1.82, 2.24) is 0 Å². The zero-order chi connectivity index (χ0) is 19.9. The van der Waals surface area contributed by atoms with Gasteiger partial charge in [-0.25, -0.2) is 4.79 Å². The average molecular weight is 374 g/mol. The molecule has 28 heavy (non-hydrogen) atoms. The molecule has 0 heterocycles. The van der Waals surface area contributed by atoms with Crippen LogP contribution in [0.2, 0.25) is 0 Å². The van der Waals surface area contributed by atoms with Gasteiger partial charge in [0.2, 0.25) is 0 Å². The highest BCUT2D eigenvalue weighted by Crippen LogP contribution is 2.31. The second-order valence-corrected chi connectivity index (χ2v) is 6.85. The lowest BCUT2D eigenvalue weighted by molar-refractivity contribution is -0.151. The zero-order valence-electron chi connectivity index (χ0n) is 16.6. The van der Waals surface area contributed by atoms with Gasteiger partial charge in [-0.1, -0.05) is 60.7 Å². The summed E-state index contributed by atoms with van der Waals surface area (Å²) in [4.78, 5) is 12.5. The number of rotatable bonds is 7. The Hall–Kier alpha value is -3.07. The highest BCUT2D eigenvalue weighted by Gasteiger charge is 2.24. The van der Waals surface area contributed by atoms with Gasteiger partial charge < -0.3 is 9.47 Å². The van der Waals surface area contributed by atoms with Gasteiger partial charge >= 0.3 is 5.97 Å². The van der Waals surface area contributed by atoms with E-state index in [-0.39, 0.29) is 5.97 Å². The third-order valence-electron chi connectivity index (χ3n) is 4.64. The van der Waals surface area contributed by atoms with Crippen LogP contribution in [0.3, 0.4) is 0 Å². The average Bonchev–Trinajstić information content (AvgIpc) is 2.71. The van der Waals surface area contributed by atoms with E-state index in [9.17, 15) is 4.79 Å². The molecule has 0 saturated carbocycles. The van der Waals surface area contributed by atoms with Gasteiger partial charge in [-0.15, -0.1) is 0 Å². The highest BCUT2D eigenvalue weighted by atomic mass is 16.6. The number of carbonyl (C=O) groups excluding carboxylic acids is 1. The molecular formula is C25H26O3. The van der Waals surface area contributed by atoms with Crippen LogP contribution in [0, 0.1) is 13.8 Å². The van der Waals surface area contributed by atoms with Crippen LogP contribution in [-0.2, 0) is 16.0 Å². The van der Waals surface area contributed by atoms with E-state index < -0.39 is 6.10 Å². The van der Waals surface area contributed by atoms with E-state index in [1.807, 2.05) is 69.3 Å². The largest absolute Gasteiger partial charge is 0.478 e. The summed E-state index contributed by atoms with van der Waals surface area (Å²) in [5.74, 6) is 0.408. The summed E-state index contributed by atoms with van der Waals surface area (Å²) in [5, 5.41) is 0. The first-order valence-electron chi connectivity index (χ1n) is 9.62. The summed E-state index contributed by atoms with van der Waals surface area (Å²) in [6.07, 6.45) is -0.207. The molecule has 0 radical (unpaired) electrons. The van der Waals surface area contributed by atoms with Crippen LogP contribution in [0.25, 0.3) is 11.1 Å². The Labute approximate surface area is 166 Å². The summed E-state index contributed by atoms with van der Waals surface area (Å²) in [6, 6.07) is 24.3. The molecule has 1 atom stereocenters. The third-order valence-corrected chi connectivity index (χ3v) is 4.64. The quantitative estimate of drug-likeness (QED) is 0.511. The third kappa shape index (κ3) is 4.80. The van der Waals surface area contributed by atoms with Crippen LogP contribution in [0.15, 0.2) is 72.8 Å². The molecular weight excluding hydrogens is 348 g/mol. The van der Waals surface area contributed by atoms with Gasteiger partial charge in [0.15, 0.2) is 6.10 Å². The van der Waals surface area contributed by atoms with Crippen LogP contribution in [0.1, 0.15) is 23.6 Å². The van der Waals surface area contributed by atoms with E-state index in [1.54, 1.807) is 0 Å². The predicted octanol–water partition coefficient (Wildman–Crippen LogP) is 5.52. The Balaban J connectivity index is 1.88. The van der Waals surface area contributed by atoms with Crippen molar-refractivity contribution >= 4 is 5.97 Å². The molecule has 3 nitrogen and oxygen atoms in total. The van der Waals surface area contributed by atoms with Crippen molar-refractivity contribution < 1.29 is 14.3 Å². The number of aryl methyl sites for hydroxylation is 2. The van der Waals surface area contributed by atoms with E-state index in [0.29, 0.717) is 13.0 Å². The molecule has 0 saturated heterocycles. The van der Waals surface area contributed by atoms with Crippen LogP contribution >= 0.6 is 0 Å². The smallest absolute Gasteiger partial charge is 0.347 e. The minimum Gasteiger partial charge on any atom is -0.478 e. The fraction of sp³-hybridized carbons (Fsp3) is 0.240. The van der Waals surface area contributed by atoms with E-state index in [1.165, 1.54) is 0 Å². The molecule has 0 fully saturated rings. The molecule has 0 amide bonds. The van der Waals surface area contributed by atoms with E-state index in [2.05, 4.69) is 24.3 Å². The number of ether oxygens (including phenoxy) is 2. The van der Waals surface area contributed by atoms with Crippen molar-refractivity contribution in [3.63, 3.8) is 0 Å². The maximum atomic E-state index is 12.5. The first-order valence-corrected chi connectivity index (χ1v) is 9.62. The van der Waals surface area contributed by atoms with Gasteiger partial charge in [0.25, 0.3) is 0 Å². The standard InChI is InChI=1S/C25H26O3/c1-4-27-25(26)23(17-20-11-7-5-8-12-20)28-24-18(2)15-22(16-19(24)3)21-13-9-6-10-14-21/h5-16,23H,4,17H2,1-3H3/t23-/m0/s1. The maximum Gasteiger partial charge on any atom is 0.347 e. The Kier molecular flexibility index (Phi) is 6.49. The summed E-state index contributed by atoms with van der Waals surface area (Å²) >= 11 is 0. The number of hydrogen-bond acceptors (Lipinski definition) is 3. The Morgan fingerprint density at radius 1 is 0.857 bits per heavy atom. The van der Waals surface area contributed by atoms with Gasteiger partial charge in [0.05, 0.1) is 6.61 Å². The fourth-order valence-corrected chi connectivity index (χ4v) is 3.31. The second kappa shape index (κ2) is 9.23. The first-order chi connectivity index (χ1) is 13.6. The Morgan fingerprint density at radius 2 is 1.43 bits per heavy atom. The van der Waals surface area contributed by atoms with Crippen molar-refractivity contribution in [3.05, 3.63) is 89.5 Å². The molecule has 0 aliphatic heterocycles. The maximum absolute atomic E-state index is 12.5. The SMILES string of the molecule is CCOC(=O)[C@H](Cc1ccccc1)Oc1c(C)cc(-c2ccccc2)cc1C. The topological polar surface area (TPSA) is 35.5 Å². The molecule has 3 rings (SSSR count). The van der Waals surface area contributed by atoms with Gasteiger partial charge in [-0.2, -0.15) is 0 Å². The second-order valence-electron chi connectivity index (χ2n) is 6.85. The number of benzene rings is 3. The lowest BCUT2D eigenvalue weighted by Gasteiger charge is -2.21. The lowest BCUT2D eigenvalue weighted by atomic mass is 9.99. The highest BCUT2D eigenvalue weighted by molar-refractivity contribution is 5.76. The molecule has 0 unspecified atom stereocenters. The fourth-order valence-electron chi connectivity index (χ4n) is 3.31. The molecule has 3 heteroatoms. The molecule has 3 aromatic rings. The normalized spacial score (nSPS) is 11.7. The number of esters is 1. The summed E-state index contributed by atoms with van der Waals surface area (Å²) in [5.41, 5.74) is 5.34. The van der Waals surface area contributed by atoms with Gasteiger partial charge in [-0.3, -0.25) is 0 Å². The van der Waals surface area contributed by atoms with Crippen molar-refractivity contribution in [1.29, 1.82) is 0 Å². The molecule has 3 aromatic carbocycles. The van der Waals surface area contributed by atoms with Crippen molar-refractivity contribution in [2.24, 2.45) is 0 Å². The van der Waals surface area contributed by atoms with Gasteiger partial charge in [0.1, 0.15) is 5.75 Å². The van der Waals surface area contributed by atoms with E-state index in [0.717, 1.165) is 33.6 Å². The summed E-state index contributed by atoms with van der Waals surface area (Å²) in [6.45, 7) is 6.17. The van der Waals surface area contributed by atoms with E-state index >= 15 is 0 Å². The molecule has 0 aromatic heterocycles. The van der Waals surface area contributed by atoms with Crippen molar-refractivity contribution in [3.8, 4) is 16.9 Å². The number of carbonyl (C=O) groups is 1. The van der Waals surface area contributed by atoms with Crippen molar-refractivity contribution in [2.75, 3.05) is 6.61 Å². The van der Waals surface area contributed by atoms with Crippen LogP contribution in [0.5, 0.6) is 5.75 Å². The number of hydrogen-bond donors (Lipinski definition) is 0. The molecule has 0 aliphatic rings. The monoisotopic (exact) mass is 374 g/mol. The van der Waals surface area contributed by atoms with E-state index in [4.69, 9.17) is 9.47 Å². The predicted molar refractivity (Wildman–Crippen MR) is 113 cm³/mol. The summed E-state index contributed by atoms with van der Waals surface area (Å²) < 4.78 is 11.5. The minimum absolute atomic E-state index is 0.332. The van der Waals surface area contributed by atoms with Crippen LogP contribution < -0.4 is 4.74 Å². The minimum atomic E-state index is -0.678. The van der Waals surface area contributed by atoms with Crippen molar-refractivity contribution in [2.45, 2.75) is 33.3 Å². The van der Waals surface area contributed by atoms with Crippen LogP contribution in [-0.4, -0.2) is 18.7 Å². The Morgan fingerprint density at radius 3 is 2.00 bits per heavy atom. The lowest BCUT2D eigenvalue weighted by Crippen LogP contribution is -2.32.